The molecule has 0 saturated carbocycles. The fraction of sp³-hybridized carbons (Fsp3) is 0.615. The Kier molecular flexibility index (Phi) is 2.67. The van der Waals surface area contributed by atoms with Gasteiger partial charge in [-0.15, -0.1) is 0 Å². The molecule has 2 saturated heterocycles. The number of ketones is 1. The summed E-state index contributed by atoms with van der Waals surface area (Å²) in [4.78, 5) is 22.9. The minimum atomic E-state index is 0.131. The maximum Gasteiger partial charge on any atom is 0.203 e. The third-order valence-electron chi connectivity index (χ3n) is 4.26. The molecule has 0 aliphatic carbocycles. The molecule has 3 heterocycles. The minimum absolute atomic E-state index is 0.131. The van der Waals surface area contributed by atoms with E-state index in [1.807, 2.05) is 0 Å². The van der Waals surface area contributed by atoms with Gasteiger partial charge in [0.2, 0.25) is 5.78 Å². The van der Waals surface area contributed by atoms with E-state index in [-0.39, 0.29) is 11.7 Å². The first kappa shape index (κ1) is 10.8. The summed E-state index contributed by atoms with van der Waals surface area (Å²) in [6, 6.07) is 2.92. The highest BCUT2D eigenvalue weighted by molar-refractivity contribution is 5.94. The first-order chi connectivity index (χ1) is 8.25. The van der Waals surface area contributed by atoms with Gasteiger partial charge in [0.25, 0.3) is 0 Å². The lowest BCUT2D eigenvalue weighted by atomic mass is 9.87. The van der Waals surface area contributed by atoms with Crippen LogP contribution in [0.5, 0.6) is 0 Å². The molecule has 4 nitrogen and oxygen atoms in total. The van der Waals surface area contributed by atoms with Gasteiger partial charge in [-0.3, -0.25) is 4.79 Å². The van der Waals surface area contributed by atoms with E-state index in [4.69, 9.17) is 0 Å². The molecule has 0 N–H and O–H groups in total. The van der Waals surface area contributed by atoms with Gasteiger partial charge in [0.15, 0.2) is 5.82 Å². The quantitative estimate of drug-likeness (QED) is 0.724. The van der Waals surface area contributed by atoms with Gasteiger partial charge in [-0.25, -0.2) is 9.97 Å². The van der Waals surface area contributed by atoms with E-state index in [2.05, 4.69) is 21.9 Å². The predicted molar refractivity (Wildman–Crippen MR) is 63.7 cm³/mol. The number of rotatable bonds is 2. The monoisotopic (exact) mass is 231 g/mol. The third-order valence-corrected chi connectivity index (χ3v) is 4.26. The van der Waals surface area contributed by atoms with Crippen LogP contribution in [-0.2, 0) is 0 Å². The van der Waals surface area contributed by atoms with Crippen LogP contribution in [0, 0.1) is 5.92 Å². The van der Waals surface area contributed by atoms with Crippen molar-refractivity contribution in [3.8, 4) is 0 Å². The summed E-state index contributed by atoms with van der Waals surface area (Å²) in [6.07, 6.45) is 7.71. The third kappa shape index (κ3) is 1.86. The molecule has 3 rings (SSSR count). The summed E-state index contributed by atoms with van der Waals surface area (Å²) < 4.78 is 0. The second-order valence-electron chi connectivity index (χ2n) is 5.16. The van der Waals surface area contributed by atoms with Crippen molar-refractivity contribution in [2.45, 2.75) is 37.8 Å². The lowest BCUT2D eigenvalue weighted by Gasteiger charge is -2.35. The number of hydrogen-bond donors (Lipinski definition) is 0. The summed E-state index contributed by atoms with van der Waals surface area (Å²) in [5.41, 5.74) is 0. The average Bonchev–Trinajstić information content (AvgIpc) is 2.61. The van der Waals surface area contributed by atoms with Crippen molar-refractivity contribution in [3.63, 3.8) is 0 Å². The van der Waals surface area contributed by atoms with Crippen LogP contribution in [0.1, 0.15) is 36.3 Å². The van der Waals surface area contributed by atoms with E-state index in [9.17, 15) is 4.79 Å². The van der Waals surface area contributed by atoms with Gasteiger partial charge < -0.3 is 4.90 Å². The molecule has 1 aromatic rings. The van der Waals surface area contributed by atoms with Crippen molar-refractivity contribution in [1.29, 1.82) is 0 Å². The molecular weight excluding hydrogens is 214 g/mol. The molecule has 2 aliphatic rings. The van der Waals surface area contributed by atoms with Gasteiger partial charge in [-0.05, 0) is 38.8 Å². The maximum atomic E-state index is 12.3. The number of nitrogens with zero attached hydrogens (tertiary/aromatic N) is 3. The second kappa shape index (κ2) is 4.18. The summed E-state index contributed by atoms with van der Waals surface area (Å²) in [5.74, 6) is 0.656. The number of piperidine rings is 1. The zero-order chi connectivity index (χ0) is 11.8. The fourth-order valence-electron chi connectivity index (χ4n) is 3.23. The Hall–Kier alpha value is -1.29. The van der Waals surface area contributed by atoms with Crippen molar-refractivity contribution in [2.24, 2.45) is 5.92 Å². The number of aromatic nitrogens is 2. The lowest BCUT2D eigenvalue weighted by Crippen LogP contribution is -2.42. The highest BCUT2D eigenvalue weighted by Crippen LogP contribution is 2.38. The van der Waals surface area contributed by atoms with Crippen molar-refractivity contribution >= 4 is 5.78 Å². The first-order valence-electron chi connectivity index (χ1n) is 6.29. The molecule has 0 radical (unpaired) electrons. The molecule has 2 fully saturated rings. The molecule has 0 amide bonds. The first-order valence-corrected chi connectivity index (χ1v) is 6.29. The topological polar surface area (TPSA) is 46.1 Å². The average molecular weight is 231 g/mol. The number of Topliss-reactive ketones (excluding diaryl/α,β-unsaturated/α-hetero) is 1. The van der Waals surface area contributed by atoms with Crippen LogP contribution < -0.4 is 0 Å². The molecule has 0 spiro atoms. The normalized spacial score (nSPS) is 32.6. The van der Waals surface area contributed by atoms with E-state index in [0.717, 1.165) is 12.8 Å². The van der Waals surface area contributed by atoms with Crippen LogP contribution in [0.3, 0.4) is 0 Å². The molecule has 2 unspecified atom stereocenters. The van der Waals surface area contributed by atoms with Gasteiger partial charge in [0.05, 0.1) is 0 Å². The summed E-state index contributed by atoms with van der Waals surface area (Å²) >= 11 is 0. The molecule has 17 heavy (non-hydrogen) atoms. The minimum Gasteiger partial charge on any atom is -0.300 e. The standard InChI is InChI=1S/C13H17N3O/c1-16-10-3-4-11(16)8-9(7-10)12(17)13-14-5-2-6-15-13/h2,5-6,9-11H,3-4,7-8H2,1H3. The van der Waals surface area contributed by atoms with E-state index in [1.54, 1.807) is 18.5 Å². The summed E-state index contributed by atoms with van der Waals surface area (Å²) in [7, 11) is 2.18. The molecule has 2 atom stereocenters. The van der Waals surface area contributed by atoms with Crippen LogP contribution in [0.4, 0.5) is 0 Å². The highest BCUT2D eigenvalue weighted by atomic mass is 16.1. The fourth-order valence-corrected chi connectivity index (χ4v) is 3.23. The lowest BCUT2D eigenvalue weighted by molar-refractivity contribution is 0.0756. The summed E-state index contributed by atoms with van der Waals surface area (Å²) in [6.45, 7) is 0. The van der Waals surface area contributed by atoms with Crippen molar-refractivity contribution in [2.75, 3.05) is 7.05 Å². The van der Waals surface area contributed by atoms with Crippen molar-refractivity contribution in [1.82, 2.24) is 14.9 Å². The zero-order valence-corrected chi connectivity index (χ0v) is 10.0. The van der Waals surface area contributed by atoms with Crippen LogP contribution in [0.25, 0.3) is 0 Å². The Morgan fingerprint density at radius 3 is 2.41 bits per heavy atom. The SMILES string of the molecule is CN1C2CCC1CC(C(=O)c1ncccn1)C2. The van der Waals surface area contributed by atoms with E-state index < -0.39 is 0 Å². The Morgan fingerprint density at radius 1 is 1.24 bits per heavy atom. The van der Waals surface area contributed by atoms with Crippen LogP contribution >= 0.6 is 0 Å². The van der Waals surface area contributed by atoms with Gasteiger partial charge in [-0.1, -0.05) is 0 Å². The van der Waals surface area contributed by atoms with Crippen LogP contribution in [-0.4, -0.2) is 39.8 Å². The van der Waals surface area contributed by atoms with Crippen molar-refractivity contribution in [3.05, 3.63) is 24.3 Å². The van der Waals surface area contributed by atoms with Gasteiger partial charge in [0.1, 0.15) is 0 Å². The molecule has 2 bridgehead atoms. The predicted octanol–water partition coefficient (Wildman–Crippen LogP) is 1.53. The zero-order valence-electron chi connectivity index (χ0n) is 10.0. The Balaban J connectivity index is 1.77. The largest absolute Gasteiger partial charge is 0.300 e. The Bertz CT molecular complexity index is 406. The highest BCUT2D eigenvalue weighted by Gasteiger charge is 2.41. The number of hydrogen-bond acceptors (Lipinski definition) is 4. The summed E-state index contributed by atoms with van der Waals surface area (Å²) in [5, 5.41) is 0. The molecule has 2 aliphatic heterocycles. The molecule has 90 valence electrons. The van der Waals surface area contributed by atoms with Gasteiger partial charge >= 0.3 is 0 Å². The number of carbonyl (C=O) groups is 1. The van der Waals surface area contributed by atoms with E-state index in [1.165, 1.54) is 12.8 Å². The molecule has 4 heteroatoms. The van der Waals surface area contributed by atoms with Gasteiger partial charge in [-0.2, -0.15) is 0 Å². The number of fused-ring (bicyclic) bond motifs is 2. The Morgan fingerprint density at radius 2 is 1.82 bits per heavy atom. The smallest absolute Gasteiger partial charge is 0.203 e. The number of carbonyl (C=O) groups excluding carboxylic acids is 1. The molecule has 1 aromatic heterocycles. The molecular formula is C13H17N3O. The second-order valence-corrected chi connectivity index (χ2v) is 5.16. The molecule has 0 aromatic carbocycles. The van der Waals surface area contributed by atoms with Crippen LogP contribution in [0.15, 0.2) is 18.5 Å². The van der Waals surface area contributed by atoms with Crippen molar-refractivity contribution < 1.29 is 4.79 Å². The van der Waals surface area contributed by atoms with Gasteiger partial charge in [0, 0.05) is 30.4 Å². The maximum absolute atomic E-state index is 12.3. The van der Waals surface area contributed by atoms with E-state index >= 15 is 0 Å². The van der Waals surface area contributed by atoms with E-state index in [0.29, 0.717) is 17.9 Å². The Labute approximate surface area is 101 Å². The van der Waals surface area contributed by atoms with Crippen LogP contribution in [0.2, 0.25) is 0 Å².